The molecule has 4 rings (SSSR count). The summed E-state index contributed by atoms with van der Waals surface area (Å²) in [6.07, 6.45) is 19.8. The van der Waals surface area contributed by atoms with Crippen molar-refractivity contribution in [1.29, 1.82) is 0 Å². The molecule has 4 aliphatic rings. The fourth-order valence-electron chi connectivity index (χ4n) is 10.7. The Morgan fingerprint density at radius 3 is 2.30 bits per heavy atom. The molecule has 4 aliphatic carbocycles. The topological polar surface area (TPSA) is 76.7 Å². The summed E-state index contributed by atoms with van der Waals surface area (Å²) in [4.78, 5) is 25.9. The van der Waals surface area contributed by atoms with Crippen molar-refractivity contribution in [2.24, 2.45) is 51.2 Å². The van der Waals surface area contributed by atoms with E-state index < -0.39 is 0 Å². The lowest BCUT2D eigenvalue weighted by atomic mass is 9.44. The maximum atomic E-state index is 13.4. The van der Waals surface area contributed by atoms with Crippen LogP contribution in [-0.2, 0) is 9.47 Å². The molecule has 0 aromatic carbocycles. The number of hydrogen-bond acceptors (Lipinski definition) is 4. The van der Waals surface area contributed by atoms with E-state index in [1.807, 2.05) is 0 Å². The minimum Gasteiger partial charge on any atom is -0.450 e. The lowest BCUT2D eigenvalue weighted by Crippen LogP contribution is -2.56. The van der Waals surface area contributed by atoms with Crippen LogP contribution in [0.5, 0.6) is 0 Å². The summed E-state index contributed by atoms with van der Waals surface area (Å²) in [5.74, 6) is 4.04. The normalized spacial score (nSPS) is 37.1. The third-order valence-electron chi connectivity index (χ3n) is 14.0. The van der Waals surface area contributed by atoms with E-state index in [1.54, 1.807) is 0 Å². The molecule has 2 amide bonds. The van der Waals surface area contributed by atoms with Crippen LogP contribution >= 0.6 is 0 Å². The molecular weight excluding hydrogens is 572 g/mol. The highest BCUT2D eigenvalue weighted by Crippen LogP contribution is 2.64. The van der Waals surface area contributed by atoms with Gasteiger partial charge in [-0.1, -0.05) is 93.9 Å². The van der Waals surface area contributed by atoms with Crippen molar-refractivity contribution in [3.63, 3.8) is 0 Å². The number of carbonyl (C=O) groups is 2. The van der Waals surface area contributed by atoms with Crippen LogP contribution in [0.4, 0.5) is 9.59 Å². The molecular formula is C40H72N2O4. The first-order chi connectivity index (χ1) is 21.7. The predicted molar refractivity (Wildman–Crippen MR) is 189 cm³/mol. The first-order valence-corrected chi connectivity index (χ1v) is 19.6. The van der Waals surface area contributed by atoms with E-state index in [0.717, 1.165) is 62.2 Å². The monoisotopic (exact) mass is 645 g/mol. The van der Waals surface area contributed by atoms with E-state index in [2.05, 4.69) is 66.0 Å². The second-order valence-electron chi connectivity index (χ2n) is 18.4. The zero-order valence-corrected chi connectivity index (χ0v) is 31.2. The highest BCUT2D eigenvalue weighted by molar-refractivity contribution is 5.68. The molecule has 266 valence electrons. The summed E-state index contributed by atoms with van der Waals surface area (Å²) in [5, 5.41) is 6.34. The van der Waals surface area contributed by atoms with Gasteiger partial charge >= 0.3 is 12.2 Å². The van der Waals surface area contributed by atoms with Crippen molar-refractivity contribution in [2.75, 3.05) is 19.8 Å². The Kier molecular flexibility index (Phi) is 12.9. The fourth-order valence-corrected chi connectivity index (χ4v) is 10.7. The number of amides is 2. The molecule has 6 heteroatoms. The van der Waals surface area contributed by atoms with Crippen molar-refractivity contribution >= 4 is 12.2 Å². The fraction of sp³-hybridized carbons (Fsp3) is 0.950. The van der Waals surface area contributed by atoms with E-state index in [9.17, 15) is 9.59 Å². The zero-order chi connectivity index (χ0) is 33.6. The van der Waals surface area contributed by atoms with Gasteiger partial charge in [-0.15, -0.1) is 0 Å². The smallest absolute Gasteiger partial charge is 0.407 e. The van der Waals surface area contributed by atoms with Crippen molar-refractivity contribution in [1.82, 2.24) is 10.6 Å². The SMILES string of the molecule is CCCCCCCCOC(=O)NCC1(C)CCC(C)(C)C(NC(=O)OCC2(C)CCCC3(C)C4CCC(C(C)C)CC4CCC23)C1. The summed E-state index contributed by atoms with van der Waals surface area (Å²) < 4.78 is 11.6. The standard InChI is InChI=1S/C40H72N2O4/c1-9-10-11-12-13-14-24-45-35(43)41-27-38(6)23-22-37(4,5)34(26-38)42-36(44)46-28-39(7)20-15-21-40(8)32-18-16-30(29(2)3)25-31(32)17-19-33(39)40/h29-34H,9-28H2,1-8H3,(H,41,43)(H,42,44). The van der Waals surface area contributed by atoms with Gasteiger partial charge in [0.2, 0.25) is 0 Å². The number of hydrogen-bond donors (Lipinski definition) is 2. The molecule has 46 heavy (non-hydrogen) atoms. The summed E-state index contributed by atoms with van der Waals surface area (Å²) in [7, 11) is 0. The van der Waals surface area contributed by atoms with Crippen LogP contribution < -0.4 is 10.6 Å². The van der Waals surface area contributed by atoms with Crippen LogP contribution in [0, 0.1) is 51.2 Å². The average molecular weight is 645 g/mol. The van der Waals surface area contributed by atoms with Crippen molar-refractivity contribution in [3.05, 3.63) is 0 Å². The number of rotatable bonds is 13. The molecule has 6 nitrogen and oxygen atoms in total. The molecule has 4 fully saturated rings. The molecule has 4 saturated carbocycles. The molecule has 0 heterocycles. The van der Waals surface area contributed by atoms with E-state index in [0.29, 0.717) is 31.1 Å². The first kappa shape index (κ1) is 37.4. The molecule has 0 aliphatic heterocycles. The molecule has 0 aromatic heterocycles. The van der Waals surface area contributed by atoms with E-state index in [1.165, 1.54) is 70.6 Å². The summed E-state index contributed by atoms with van der Waals surface area (Å²) in [6.45, 7) is 20.4. The summed E-state index contributed by atoms with van der Waals surface area (Å²) in [6, 6.07) is -0.00398. The second-order valence-corrected chi connectivity index (χ2v) is 18.4. The van der Waals surface area contributed by atoms with E-state index in [-0.39, 0.29) is 34.5 Å². The van der Waals surface area contributed by atoms with E-state index >= 15 is 0 Å². The van der Waals surface area contributed by atoms with Crippen molar-refractivity contribution in [2.45, 2.75) is 171 Å². The quantitative estimate of drug-likeness (QED) is 0.196. The highest BCUT2D eigenvalue weighted by atomic mass is 16.6. The Morgan fingerprint density at radius 2 is 1.57 bits per heavy atom. The van der Waals surface area contributed by atoms with Gasteiger partial charge in [0, 0.05) is 18.0 Å². The predicted octanol–water partition coefficient (Wildman–Crippen LogP) is 10.7. The Morgan fingerprint density at radius 1 is 0.826 bits per heavy atom. The maximum absolute atomic E-state index is 13.4. The Bertz CT molecular complexity index is 998. The van der Waals surface area contributed by atoms with Gasteiger partial charge in [0.05, 0.1) is 13.2 Å². The van der Waals surface area contributed by atoms with Crippen LogP contribution in [-0.4, -0.2) is 38.0 Å². The molecule has 0 spiro atoms. The van der Waals surface area contributed by atoms with Gasteiger partial charge < -0.3 is 20.1 Å². The maximum Gasteiger partial charge on any atom is 0.407 e. The molecule has 0 radical (unpaired) electrons. The molecule has 0 saturated heterocycles. The second kappa shape index (κ2) is 15.8. The largest absolute Gasteiger partial charge is 0.450 e. The number of alkyl carbamates (subject to hydrolysis) is 2. The number of unbranched alkanes of at least 4 members (excludes halogenated alkanes) is 5. The molecule has 0 bridgehead atoms. The van der Waals surface area contributed by atoms with Crippen LogP contribution in [0.2, 0.25) is 0 Å². The number of nitrogens with one attached hydrogen (secondary N) is 2. The van der Waals surface area contributed by atoms with Gasteiger partial charge in [0.25, 0.3) is 0 Å². The number of fused-ring (bicyclic) bond motifs is 3. The third-order valence-corrected chi connectivity index (χ3v) is 14.0. The lowest BCUT2D eigenvalue weighted by molar-refractivity contribution is -0.136. The van der Waals surface area contributed by atoms with Gasteiger partial charge in [0.1, 0.15) is 0 Å². The molecule has 2 N–H and O–H groups in total. The van der Waals surface area contributed by atoms with Crippen molar-refractivity contribution < 1.29 is 19.1 Å². The van der Waals surface area contributed by atoms with Gasteiger partial charge in [-0.2, -0.15) is 0 Å². The van der Waals surface area contributed by atoms with Crippen LogP contribution in [0.3, 0.4) is 0 Å². The van der Waals surface area contributed by atoms with Gasteiger partial charge in [-0.05, 0) is 116 Å². The number of ether oxygens (including phenoxy) is 2. The Balaban J connectivity index is 1.26. The Hall–Kier alpha value is -1.46. The summed E-state index contributed by atoms with van der Waals surface area (Å²) in [5.41, 5.74) is 0.280. The van der Waals surface area contributed by atoms with Gasteiger partial charge in [-0.3, -0.25) is 0 Å². The Labute approximate surface area is 283 Å². The molecule has 8 atom stereocenters. The highest BCUT2D eigenvalue weighted by Gasteiger charge is 2.57. The van der Waals surface area contributed by atoms with Crippen molar-refractivity contribution in [3.8, 4) is 0 Å². The van der Waals surface area contributed by atoms with Crippen LogP contribution in [0.25, 0.3) is 0 Å². The van der Waals surface area contributed by atoms with Gasteiger partial charge in [-0.25, -0.2) is 9.59 Å². The minimum absolute atomic E-state index is 0.00398. The van der Waals surface area contributed by atoms with E-state index in [4.69, 9.17) is 9.47 Å². The van der Waals surface area contributed by atoms with Crippen LogP contribution in [0.1, 0.15) is 165 Å². The lowest BCUT2D eigenvalue weighted by Gasteiger charge is -2.61. The van der Waals surface area contributed by atoms with Gasteiger partial charge in [0.15, 0.2) is 0 Å². The zero-order valence-electron chi connectivity index (χ0n) is 31.2. The van der Waals surface area contributed by atoms with Crippen LogP contribution in [0.15, 0.2) is 0 Å². The minimum atomic E-state index is -0.321. The average Bonchev–Trinajstić information content (AvgIpc) is 3.00. The molecule has 0 aromatic rings. The first-order valence-electron chi connectivity index (χ1n) is 19.6. The summed E-state index contributed by atoms with van der Waals surface area (Å²) >= 11 is 0. The third kappa shape index (κ3) is 9.16. The number of carbonyl (C=O) groups excluding carboxylic acids is 2. The molecule has 8 unspecified atom stereocenters.